The normalized spacial score (nSPS) is 22.1. The lowest BCUT2D eigenvalue weighted by atomic mass is 9.82. The Morgan fingerprint density at radius 2 is 2.21 bits per heavy atom. The van der Waals surface area contributed by atoms with Gasteiger partial charge in [-0.15, -0.1) is 0 Å². The fraction of sp³-hybridized carbons (Fsp3) is 0.647. The minimum Gasteiger partial charge on any atom is -0.511 e. The Balaban J connectivity index is 2.84. The number of carbonyl (C=O) groups excluding carboxylic acids is 1. The maximum Gasteiger partial charge on any atom is 0.168 e. The number of rotatable bonds is 9. The van der Waals surface area contributed by atoms with E-state index in [2.05, 4.69) is 5.16 Å². The van der Waals surface area contributed by atoms with Gasteiger partial charge in [-0.25, -0.2) is 0 Å². The summed E-state index contributed by atoms with van der Waals surface area (Å²) in [5, 5.41) is 14.3. The van der Waals surface area contributed by atoms with Crippen molar-refractivity contribution in [2.24, 2.45) is 11.1 Å². The molecule has 0 bridgehead atoms. The van der Waals surface area contributed by atoms with E-state index in [9.17, 15) is 14.1 Å². The van der Waals surface area contributed by atoms with Crippen LogP contribution in [0.3, 0.4) is 0 Å². The number of allylic oxidation sites excluding steroid dienone is 2. The molecule has 0 aliphatic heterocycles. The Morgan fingerprint density at radius 3 is 2.75 bits per heavy atom. The van der Waals surface area contributed by atoms with Crippen LogP contribution >= 0.6 is 11.6 Å². The second-order valence-electron chi connectivity index (χ2n) is 5.78. The monoisotopic (exact) mass is 375 g/mol. The summed E-state index contributed by atoms with van der Waals surface area (Å²) >= 11 is 5.40. The number of Topliss-reactive ketones (excluding diaryl/α,β-unsaturated/α-hetero) is 1. The average Bonchev–Trinajstić information content (AvgIpc) is 2.55. The molecule has 24 heavy (non-hydrogen) atoms. The first-order valence-electron chi connectivity index (χ1n) is 8.21. The van der Waals surface area contributed by atoms with Gasteiger partial charge in [0.25, 0.3) is 0 Å². The first-order valence-corrected chi connectivity index (χ1v) is 10.0. The van der Waals surface area contributed by atoms with Crippen molar-refractivity contribution < 1.29 is 18.9 Å². The van der Waals surface area contributed by atoms with E-state index in [1.54, 1.807) is 6.08 Å². The molecule has 0 radical (unpaired) electrons. The molecule has 0 amide bonds. The number of oxime groups is 1. The Hall–Kier alpha value is -1.14. The smallest absolute Gasteiger partial charge is 0.168 e. The second-order valence-corrected chi connectivity index (χ2v) is 8.18. The lowest BCUT2D eigenvalue weighted by Crippen LogP contribution is -2.27. The third-order valence-electron chi connectivity index (χ3n) is 3.98. The van der Waals surface area contributed by atoms with Crippen molar-refractivity contribution in [2.75, 3.05) is 12.4 Å². The van der Waals surface area contributed by atoms with Crippen LogP contribution in [0, 0.1) is 5.92 Å². The molecule has 3 atom stereocenters. The van der Waals surface area contributed by atoms with Gasteiger partial charge >= 0.3 is 0 Å². The van der Waals surface area contributed by atoms with Gasteiger partial charge in [-0.05, 0) is 24.8 Å². The number of aliphatic hydroxyl groups excluding tert-OH is 1. The largest absolute Gasteiger partial charge is 0.511 e. The molecule has 0 aromatic rings. The minimum absolute atomic E-state index is 0.0185. The van der Waals surface area contributed by atoms with Crippen molar-refractivity contribution in [1.82, 2.24) is 0 Å². The molecule has 0 aromatic carbocycles. The first kappa shape index (κ1) is 20.9. The summed E-state index contributed by atoms with van der Waals surface area (Å²) in [5.41, 5.74) is 2.05. The van der Waals surface area contributed by atoms with Crippen molar-refractivity contribution in [1.29, 1.82) is 0 Å². The topological polar surface area (TPSA) is 76.0 Å². The van der Waals surface area contributed by atoms with Gasteiger partial charge in [0.05, 0.1) is 11.3 Å². The maximum absolute atomic E-state index is 12.5. The van der Waals surface area contributed by atoms with E-state index in [0.29, 0.717) is 37.1 Å². The molecule has 1 aliphatic rings. The molecule has 0 saturated carbocycles. The minimum atomic E-state index is -0.891. The third kappa shape index (κ3) is 6.06. The summed E-state index contributed by atoms with van der Waals surface area (Å²) in [5.74, 6) is 0.554. The first-order chi connectivity index (χ1) is 11.4. The van der Waals surface area contributed by atoms with Crippen LogP contribution in [0.2, 0.25) is 0 Å². The molecule has 0 spiro atoms. The molecule has 5 nitrogen and oxygen atoms in total. The van der Waals surface area contributed by atoms with Gasteiger partial charge in [0.1, 0.15) is 12.4 Å². The summed E-state index contributed by atoms with van der Waals surface area (Å²) in [6.07, 6.45) is 3.48. The van der Waals surface area contributed by atoms with Crippen LogP contribution in [-0.4, -0.2) is 38.4 Å². The highest BCUT2D eigenvalue weighted by atomic mass is 35.5. The molecule has 0 fully saturated rings. The van der Waals surface area contributed by atoms with E-state index in [1.807, 2.05) is 20.8 Å². The Kier molecular flexibility index (Phi) is 9.29. The van der Waals surface area contributed by atoms with Gasteiger partial charge < -0.3 is 9.94 Å². The van der Waals surface area contributed by atoms with Gasteiger partial charge in [-0.1, -0.05) is 37.5 Å². The van der Waals surface area contributed by atoms with Crippen LogP contribution in [-0.2, 0) is 20.4 Å². The van der Waals surface area contributed by atoms with Gasteiger partial charge in [-0.2, -0.15) is 0 Å². The number of halogens is 1. The van der Waals surface area contributed by atoms with E-state index in [-0.39, 0.29) is 34.9 Å². The van der Waals surface area contributed by atoms with Crippen LogP contribution in [0.4, 0.5) is 0 Å². The molecule has 0 saturated heterocycles. The van der Waals surface area contributed by atoms with Gasteiger partial charge in [0, 0.05) is 40.2 Å². The molecule has 2 unspecified atom stereocenters. The van der Waals surface area contributed by atoms with Crippen LogP contribution in [0.1, 0.15) is 46.5 Å². The van der Waals surface area contributed by atoms with Crippen LogP contribution in [0.25, 0.3) is 0 Å². The summed E-state index contributed by atoms with van der Waals surface area (Å²) in [6.45, 7) is 5.87. The molecular weight excluding hydrogens is 350 g/mol. The quantitative estimate of drug-likeness (QED) is 0.377. The number of aliphatic hydroxyl groups is 1. The Bertz CT molecular complexity index is 557. The molecule has 7 heteroatoms. The van der Waals surface area contributed by atoms with Gasteiger partial charge in [-0.3, -0.25) is 9.00 Å². The number of carbonyl (C=O) groups is 1. The van der Waals surface area contributed by atoms with E-state index in [4.69, 9.17) is 16.4 Å². The fourth-order valence-electron chi connectivity index (χ4n) is 2.81. The molecule has 1 N–H and O–H groups in total. The zero-order valence-electron chi connectivity index (χ0n) is 14.5. The van der Waals surface area contributed by atoms with Gasteiger partial charge in [0.15, 0.2) is 5.78 Å². The van der Waals surface area contributed by atoms with Crippen molar-refractivity contribution in [3.63, 3.8) is 0 Å². The predicted molar refractivity (Wildman–Crippen MR) is 98.8 cm³/mol. The summed E-state index contributed by atoms with van der Waals surface area (Å²) in [7, 11) is -0.891. The summed E-state index contributed by atoms with van der Waals surface area (Å²) in [6, 6.07) is 0. The van der Waals surface area contributed by atoms with E-state index >= 15 is 0 Å². The summed E-state index contributed by atoms with van der Waals surface area (Å²) in [4.78, 5) is 17.6. The van der Waals surface area contributed by atoms with Crippen LogP contribution in [0.5, 0.6) is 0 Å². The summed E-state index contributed by atoms with van der Waals surface area (Å²) < 4.78 is 11.8. The van der Waals surface area contributed by atoms with E-state index in [0.717, 1.165) is 0 Å². The van der Waals surface area contributed by atoms with Gasteiger partial charge in [0.2, 0.25) is 0 Å². The highest BCUT2D eigenvalue weighted by Crippen LogP contribution is 2.31. The van der Waals surface area contributed by atoms with Crippen LogP contribution < -0.4 is 0 Å². The number of nitrogens with zero attached hydrogens (tertiary/aromatic N) is 1. The lowest BCUT2D eigenvalue weighted by Gasteiger charge is -2.25. The Labute approximate surface area is 151 Å². The molecule has 0 heterocycles. The average molecular weight is 376 g/mol. The van der Waals surface area contributed by atoms with Crippen molar-refractivity contribution in [3.8, 4) is 0 Å². The molecule has 0 aromatic heterocycles. The molecule has 1 rings (SSSR count). The van der Waals surface area contributed by atoms with E-state index in [1.165, 1.54) is 5.54 Å². The predicted octanol–water partition coefficient (Wildman–Crippen LogP) is 3.86. The Morgan fingerprint density at radius 1 is 1.50 bits per heavy atom. The number of ketones is 1. The van der Waals surface area contributed by atoms with E-state index < -0.39 is 10.8 Å². The zero-order valence-corrected chi connectivity index (χ0v) is 16.0. The van der Waals surface area contributed by atoms with Crippen LogP contribution in [0.15, 0.2) is 28.1 Å². The molecule has 136 valence electrons. The van der Waals surface area contributed by atoms with Crippen molar-refractivity contribution in [2.45, 2.75) is 51.7 Å². The maximum atomic E-state index is 12.5. The molecule has 1 aliphatic carbocycles. The number of hydrogen-bond acceptors (Lipinski definition) is 5. The van der Waals surface area contributed by atoms with Crippen molar-refractivity contribution in [3.05, 3.63) is 22.9 Å². The lowest BCUT2D eigenvalue weighted by molar-refractivity contribution is -0.116. The standard InChI is InChI=1S/C17H26ClNO4S/c1-4-14(19-23-8-6-7-18)17-15(20)10-13(11-16(17)21)9-12(3)24(22)5-2/h6-7,12-13,20H,4-5,8-11H2,1-3H3/b7-6+,19-14+/t12-,13?,24?/m0/s1. The van der Waals surface area contributed by atoms with Crippen molar-refractivity contribution >= 4 is 33.9 Å². The number of hydrogen-bond donors (Lipinski definition) is 1. The highest BCUT2D eigenvalue weighted by molar-refractivity contribution is 7.85. The molecular formula is C17H26ClNO4S. The highest BCUT2D eigenvalue weighted by Gasteiger charge is 2.31. The second kappa shape index (κ2) is 10.7. The zero-order chi connectivity index (χ0) is 18.1. The SMILES string of the molecule is CC/C(=N\OC/C=C/Cl)C1=C(O)CC(C[C@H](C)S(=O)CC)CC1=O. The third-order valence-corrected chi connectivity index (χ3v) is 5.82. The fourth-order valence-corrected chi connectivity index (χ4v) is 3.94.